The van der Waals surface area contributed by atoms with E-state index in [1.165, 1.54) is 33.6 Å². The van der Waals surface area contributed by atoms with E-state index in [1.807, 2.05) is 6.07 Å². The molecule has 19 heavy (non-hydrogen) atoms. The highest BCUT2D eigenvalue weighted by molar-refractivity contribution is 7.99. The number of thiophene rings is 1. The Morgan fingerprint density at radius 1 is 1.26 bits per heavy atom. The molecular weight excluding hydrogens is 279 g/mol. The Bertz CT molecular complexity index is 524. The van der Waals surface area contributed by atoms with Gasteiger partial charge in [-0.25, -0.2) is 4.39 Å². The molecule has 0 fully saturated rings. The largest absolute Gasteiger partial charge is 0.392 e. The molecule has 0 saturated heterocycles. The summed E-state index contributed by atoms with van der Waals surface area (Å²) in [6.07, 6.45) is 1.32. The molecule has 0 aliphatic rings. The number of hydrogen-bond acceptors (Lipinski definition) is 3. The Hall–Kier alpha value is -0.840. The number of hydrogen-bond donors (Lipinski definition) is 1. The van der Waals surface area contributed by atoms with Gasteiger partial charge >= 0.3 is 0 Å². The highest BCUT2D eigenvalue weighted by atomic mass is 32.2. The maximum atomic E-state index is 13.0. The molecule has 0 saturated carbocycles. The number of aryl methyl sites for hydroxylation is 1. The van der Waals surface area contributed by atoms with Gasteiger partial charge in [0.2, 0.25) is 0 Å². The fourth-order valence-electron chi connectivity index (χ4n) is 1.76. The molecule has 1 atom stereocenters. The van der Waals surface area contributed by atoms with Gasteiger partial charge in [-0.05, 0) is 36.8 Å². The molecule has 1 aromatic heterocycles. The van der Waals surface area contributed by atoms with Crippen LogP contribution in [0, 0.1) is 5.82 Å². The van der Waals surface area contributed by atoms with E-state index in [2.05, 4.69) is 19.1 Å². The molecule has 0 amide bonds. The average Bonchev–Trinajstić information content (AvgIpc) is 2.84. The second-order valence-electron chi connectivity index (χ2n) is 4.35. The van der Waals surface area contributed by atoms with Crippen molar-refractivity contribution in [1.82, 2.24) is 0 Å². The molecular formula is C15H17FOS2. The lowest BCUT2D eigenvalue weighted by molar-refractivity contribution is 0.201. The topological polar surface area (TPSA) is 20.2 Å². The van der Waals surface area contributed by atoms with Crippen LogP contribution in [0.25, 0.3) is 0 Å². The van der Waals surface area contributed by atoms with Crippen molar-refractivity contribution < 1.29 is 9.50 Å². The van der Waals surface area contributed by atoms with Crippen LogP contribution in [-0.2, 0) is 12.8 Å². The average molecular weight is 296 g/mol. The third-order valence-electron chi connectivity index (χ3n) is 2.74. The maximum Gasteiger partial charge on any atom is 0.124 e. The van der Waals surface area contributed by atoms with E-state index < -0.39 is 6.10 Å². The zero-order valence-electron chi connectivity index (χ0n) is 10.8. The molecule has 1 unspecified atom stereocenters. The fraction of sp³-hybridized carbons (Fsp3) is 0.333. The normalized spacial score (nSPS) is 12.6. The summed E-state index contributed by atoms with van der Waals surface area (Å²) in [7, 11) is 0. The van der Waals surface area contributed by atoms with Gasteiger partial charge in [-0.15, -0.1) is 23.1 Å². The number of aliphatic hydroxyl groups is 1. The van der Waals surface area contributed by atoms with Gasteiger partial charge in [0.25, 0.3) is 0 Å². The number of rotatable bonds is 6. The summed E-state index contributed by atoms with van der Waals surface area (Å²) in [5.74, 6) is 0.355. The van der Waals surface area contributed by atoms with Crippen LogP contribution < -0.4 is 0 Å². The summed E-state index contributed by atoms with van der Waals surface area (Å²) in [5.41, 5.74) is 0. The SMILES string of the molecule is CCc1ccc(CC(O)CSc2cccc(F)c2)s1. The first-order valence-electron chi connectivity index (χ1n) is 6.31. The van der Waals surface area contributed by atoms with Crippen molar-refractivity contribution in [2.24, 2.45) is 0 Å². The van der Waals surface area contributed by atoms with Crippen molar-refractivity contribution in [1.29, 1.82) is 0 Å². The lowest BCUT2D eigenvalue weighted by atomic mass is 10.2. The van der Waals surface area contributed by atoms with E-state index >= 15 is 0 Å². The molecule has 1 nitrogen and oxygen atoms in total. The van der Waals surface area contributed by atoms with Gasteiger partial charge in [-0.3, -0.25) is 0 Å². The minimum atomic E-state index is -0.392. The van der Waals surface area contributed by atoms with Crippen molar-refractivity contribution in [2.75, 3.05) is 5.75 Å². The first kappa shape index (κ1) is 14.6. The Balaban J connectivity index is 1.82. The van der Waals surface area contributed by atoms with Crippen LogP contribution in [0.3, 0.4) is 0 Å². The van der Waals surface area contributed by atoms with Gasteiger partial charge in [0, 0.05) is 26.8 Å². The summed E-state index contributed by atoms with van der Waals surface area (Å²) in [6.45, 7) is 2.13. The molecule has 4 heteroatoms. The number of halogens is 1. The molecule has 1 N–H and O–H groups in total. The molecule has 0 radical (unpaired) electrons. The second-order valence-corrected chi connectivity index (χ2v) is 6.69. The van der Waals surface area contributed by atoms with Crippen molar-refractivity contribution in [3.05, 3.63) is 52.0 Å². The zero-order valence-corrected chi connectivity index (χ0v) is 12.4. The second kappa shape index (κ2) is 7.08. The molecule has 102 valence electrons. The van der Waals surface area contributed by atoms with E-state index in [1.54, 1.807) is 17.4 Å². The molecule has 0 spiro atoms. The molecule has 2 rings (SSSR count). The first-order chi connectivity index (χ1) is 9.17. The standard InChI is InChI=1S/C15H17FOS2/c1-2-13-6-7-15(19-13)9-12(17)10-18-14-5-3-4-11(16)8-14/h3-8,12,17H,2,9-10H2,1H3. The number of thioether (sulfide) groups is 1. The molecule has 0 bridgehead atoms. The Morgan fingerprint density at radius 2 is 2.05 bits per heavy atom. The Morgan fingerprint density at radius 3 is 2.74 bits per heavy atom. The van der Waals surface area contributed by atoms with Gasteiger partial charge in [0.1, 0.15) is 5.82 Å². The highest BCUT2D eigenvalue weighted by Crippen LogP contribution is 2.23. The van der Waals surface area contributed by atoms with E-state index in [4.69, 9.17) is 0 Å². The van der Waals surface area contributed by atoms with Gasteiger partial charge in [0.05, 0.1) is 6.10 Å². The van der Waals surface area contributed by atoms with Crippen LogP contribution in [0.15, 0.2) is 41.3 Å². The van der Waals surface area contributed by atoms with E-state index in [-0.39, 0.29) is 5.82 Å². The van der Waals surface area contributed by atoms with Gasteiger partial charge < -0.3 is 5.11 Å². The summed E-state index contributed by atoms with van der Waals surface area (Å²) in [4.78, 5) is 3.42. The van der Waals surface area contributed by atoms with Crippen LogP contribution in [0.5, 0.6) is 0 Å². The molecule has 0 aliphatic carbocycles. The predicted molar refractivity (Wildman–Crippen MR) is 80.5 cm³/mol. The van der Waals surface area contributed by atoms with Crippen LogP contribution in [0.4, 0.5) is 4.39 Å². The van der Waals surface area contributed by atoms with Crippen molar-refractivity contribution in [3.8, 4) is 0 Å². The third kappa shape index (κ3) is 4.64. The van der Waals surface area contributed by atoms with Crippen LogP contribution in [0.2, 0.25) is 0 Å². The highest BCUT2D eigenvalue weighted by Gasteiger charge is 2.08. The van der Waals surface area contributed by atoms with E-state index in [9.17, 15) is 9.50 Å². The van der Waals surface area contributed by atoms with E-state index in [0.717, 1.165) is 11.3 Å². The first-order valence-corrected chi connectivity index (χ1v) is 8.11. The summed E-state index contributed by atoms with van der Waals surface area (Å²) < 4.78 is 13.0. The fourth-order valence-corrected chi connectivity index (χ4v) is 3.66. The van der Waals surface area contributed by atoms with Crippen molar-refractivity contribution in [3.63, 3.8) is 0 Å². The molecule has 1 aromatic carbocycles. The van der Waals surface area contributed by atoms with Gasteiger partial charge in [0.15, 0.2) is 0 Å². The maximum absolute atomic E-state index is 13.0. The minimum absolute atomic E-state index is 0.231. The number of aliphatic hydroxyl groups excluding tert-OH is 1. The molecule has 0 aliphatic heterocycles. The zero-order chi connectivity index (χ0) is 13.7. The molecule has 2 aromatic rings. The van der Waals surface area contributed by atoms with Crippen molar-refractivity contribution >= 4 is 23.1 Å². The van der Waals surface area contributed by atoms with Crippen LogP contribution in [-0.4, -0.2) is 17.0 Å². The minimum Gasteiger partial charge on any atom is -0.392 e. The van der Waals surface area contributed by atoms with Crippen LogP contribution in [0.1, 0.15) is 16.7 Å². The van der Waals surface area contributed by atoms with Gasteiger partial charge in [-0.1, -0.05) is 13.0 Å². The summed E-state index contributed by atoms with van der Waals surface area (Å²) in [6, 6.07) is 10.7. The summed E-state index contributed by atoms with van der Waals surface area (Å²) in [5, 5.41) is 10.0. The Kier molecular flexibility index (Phi) is 5.43. The van der Waals surface area contributed by atoms with Gasteiger partial charge in [-0.2, -0.15) is 0 Å². The number of benzene rings is 1. The third-order valence-corrected chi connectivity index (χ3v) is 5.13. The summed E-state index contributed by atoms with van der Waals surface area (Å²) >= 11 is 3.25. The monoisotopic (exact) mass is 296 g/mol. The quantitative estimate of drug-likeness (QED) is 0.808. The molecule has 1 heterocycles. The predicted octanol–water partition coefficient (Wildman–Crippen LogP) is 4.15. The van der Waals surface area contributed by atoms with Crippen molar-refractivity contribution in [2.45, 2.75) is 30.8 Å². The van der Waals surface area contributed by atoms with E-state index in [0.29, 0.717) is 12.2 Å². The Labute approximate surface area is 121 Å². The lowest BCUT2D eigenvalue weighted by Crippen LogP contribution is -2.12. The smallest absolute Gasteiger partial charge is 0.124 e. The van der Waals surface area contributed by atoms with Crippen LogP contribution >= 0.6 is 23.1 Å². The lowest BCUT2D eigenvalue weighted by Gasteiger charge is -2.09.